The summed E-state index contributed by atoms with van der Waals surface area (Å²) >= 11 is 0. The zero-order valence-electron chi connectivity index (χ0n) is 8.49. The number of halogens is 3. The smallest absolute Gasteiger partial charge is 0.468 e. The highest BCUT2D eigenvalue weighted by molar-refractivity contribution is 5.75. The Bertz CT molecular complexity index is 351. The Morgan fingerprint density at radius 2 is 1.88 bits per heavy atom. The fourth-order valence-corrected chi connectivity index (χ4v) is 1.13. The zero-order valence-corrected chi connectivity index (χ0v) is 8.49. The lowest BCUT2D eigenvalue weighted by atomic mass is 10.3. The molecular weight excluding hydrogens is 223 g/mol. The summed E-state index contributed by atoms with van der Waals surface area (Å²) in [6, 6.07) is 7.07. The summed E-state index contributed by atoms with van der Waals surface area (Å²) in [4.78, 5) is 10.9. The minimum Gasteiger partial charge on any atom is -0.468 e. The van der Waals surface area contributed by atoms with Crippen LogP contribution < -0.4 is 4.90 Å². The Balaban J connectivity index is 2.93. The van der Waals surface area contributed by atoms with Crippen molar-refractivity contribution in [3.05, 3.63) is 30.3 Å². The molecule has 0 fully saturated rings. The summed E-state index contributed by atoms with van der Waals surface area (Å²) in [6.07, 6.45) is -4.62. The normalized spacial score (nSPS) is 11.0. The fourth-order valence-electron chi connectivity index (χ4n) is 1.13. The van der Waals surface area contributed by atoms with Crippen molar-refractivity contribution in [1.29, 1.82) is 0 Å². The number of carbonyl (C=O) groups is 1. The fraction of sp³-hybridized carbons (Fsp3) is 0.300. The first-order valence-corrected chi connectivity index (χ1v) is 4.41. The predicted octanol–water partition coefficient (Wildman–Crippen LogP) is 2.19. The zero-order chi connectivity index (χ0) is 12.2. The number of hydrogen-bond acceptors (Lipinski definition) is 3. The van der Waals surface area contributed by atoms with E-state index in [9.17, 15) is 18.0 Å². The quantitative estimate of drug-likeness (QED) is 0.592. The molecule has 0 amide bonds. The number of para-hydroxylation sites is 1. The molecule has 0 N–H and O–H groups in total. The van der Waals surface area contributed by atoms with E-state index in [0.29, 0.717) is 0 Å². The number of alkyl halides is 3. The third-order valence-electron chi connectivity index (χ3n) is 1.89. The van der Waals surface area contributed by atoms with E-state index >= 15 is 0 Å². The van der Waals surface area contributed by atoms with Gasteiger partial charge >= 0.3 is 12.3 Å². The molecule has 0 bridgehead atoms. The molecule has 0 atom stereocenters. The lowest BCUT2D eigenvalue weighted by Gasteiger charge is -2.25. The molecule has 0 spiro atoms. The van der Waals surface area contributed by atoms with Gasteiger partial charge in [-0.25, -0.2) is 0 Å². The van der Waals surface area contributed by atoms with Crippen LogP contribution in [0.15, 0.2) is 30.3 Å². The number of carbonyl (C=O) groups excluding carboxylic acids is 1. The van der Waals surface area contributed by atoms with Crippen LogP contribution in [0.3, 0.4) is 0 Å². The van der Waals surface area contributed by atoms with Crippen LogP contribution in [-0.4, -0.2) is 25.9 Å². The van der Waals surface area contributed by atoms with Crippen LogP contribution in [-0.2, 0) is 9.53 Å². The average molecular weight is 233 g/mol. The van der Waals surface area contributed by atoms with E-state index in [2.05, 4.69) is 4.74 Å². The van der Waals surface area contributed by atoms with Crippen molar-refractivity contribution in [2.24, 2.45) is 0 Å². The molecule has 1 rings (SSSR count). The van der Waals surface area contributed by atoms with Gasteiger partial charge in [-0.1, -0.05) is 18.2 Å². The van der Waals surface area contributed by atoms with E-state index < -0.39 is 18.8 Å². The number of methoxy groups -OCH3 is 1. The highest BCUT2D eigenvalue weighted by atomic mass is 19.4. The van der Waals surface area contributed by atoms with Crippen LogP contribution in [0.25, 0.3) is 0 Å². The van der Waals surface area contributed by atoms with Gasteiger partial charge in [-0.15, -0.1) is 0 Å². The minimum absolute atomic E-state index is 0.0266. The van der Waals surface area contributed by atoms with Crippen molar-refractivity contribution in [2.45, 2.75) is 6.30 Å². The molecule has 16 heavy (non-hydrogen) atoms. The number of rotatable bonds is 3. The second kappa shape index (κ2) is 4.87. The maximum atomic E-state index is 12.6. The number of nitrogens with zero attached hydrogens (tertiary/aromatic N) is 1. The Morgan fingerprint density at radius 3 is 2.31 bits per heavy atom. The van der Waals surface area contributed by atoms with Gasteiger partial charge in [0.2, 0.25) is 0 Å². The van der Waals surface area contributed by atoms with Crippen molar-refractivity contribution >= 4 is 11.7 Å². The first-order valence-electron chi connectivity index (χ1n) is 4.41. The van der Waals surface area contributed by atoms with Crippen LogP contribution in [0.5, 0.6) is 0 Å². The Kier molecular flexibility index (Phi) is 3.76. The summed E-state index contributed by atoms with van der Waals surface area (Å²) in [5.74, 6) is -0.943. The van der Waals surface area contributed by atoms with Crippen LogP contribution in [0.4, 0.5) is 18.9 Å². The minimum atomic E-state index is -4.62. The van der Waals surface area contributed by atoms with Crippen molar-refractivity contribution in [1.82, 2.24) is 0 Å². The van der Waals surface area contributed by atoms with Gasteiger partial charge in [0.15, 0.2) is 0 Å². The molecule has 6 heteroatoms. The maximum absolute atomic E-state index is 12.6. The third kappa shape index (κ3) is 3.15. The molecule has 0 aromatic heterocycles. The topological polar surface area (TPSA) is 29.5 Å². The number of ether oxygens (including phenoxy) is 1. The number of benzene rings is 1. The van der Waals surface area contributed by atoms with Gasteiger partial charge in [0.25, 0.3) is 0 Å². The first-order chi connectivity index (χ1) is 7.45. The molecule has 0 radical (unpaired) electrons. The van der Waals surface area contributed by atoms with Crippen LogP contribution in [0.2, 0.25) is 0 Å². The van der Waals surface area contributed by atoms with E-state index in [4.69, 9.17) is 0 Å². The SMILES string of the molecule is COC(=O)CN(c1ccccc1)C(F)(F)F. The Labute approximate surface area is 90.4 Å². The summed E-state index contributed by atoms with van der Waals surface area (Å²) in [5, 5.41) is 0. The van der Waals surface area contributed by atoms with E-state index in [-0.39, 0.29) is 10.6 Å². The highest BCUT2D eigenvalue weighted by Gasteiger charge is 2.38. The first kappa shape index (κ1) is 12.4. The molecule has 1 aromatic carbocycles. The van der Waals surface area contributed by atoms with Gasteiger partial charge in [0, 0.05) is 5.69 Å². The molecule has 0 aliphatic rings. The summed E-state index contributed by atoms with van der Waals surface area (Å²) < 4.78 is 42.1. The molecule has 0 saturated carbocycles. The standard InChI is InChI=1S/C10H10F3NO2/c1-16-9(15)7-14(10(11,12)13)8-5-3-2-4-6-8/h2-6H,7H2,1H3. The lowest BCUT2D eigenvalue weighted by Crippen LogP contribution is -2.42. The summed E-state index contributed by atoms with van der Waals surface area (Å²) in [6.45, 7) is -0.857. The summed E-state index contributed by atoms with van der Waals surface area (Å²) in [5.41, 5.74) is -0.0969. The molecule has 1 aromatic rings. The van der Waals surface area contributed by atoms with Gasteiger partial charge in [-0.05, 0) is 12.1 Å². The molecule has 0 aliphatic carbocycles. The van der Waals surface area contributed by atoms with Crippen molar-refractivity contribution in [2.75, 3.05) is 18.6 Å². The average Bonchev–Trinajstić information content (AvgIpc) is 2.25. The van der Waals surface area contributed by atoms with Gasteiger partial charge in [0.1, 0.15) is 6.54 Å². The summed E-state index contributed by atoms with van der Waals surface area (Å²) in [7, 11) is 1.04. The van der Waals surface area contributed by atoms with Gasteiger partial charge in [-0.3, -0.25) is 9.69 Å². The highest BCUT2D eigenvalue weighted by Crippen LogP contribution is 2.27. The van der Waals surface area contributed by atoms with Crippen LogP contribution in [0, 0.1) is 0 Å². The van der Waals surface area contributed by atoms with Crippen LogP contribution >= 0.6 is 0 Å². The molecule has 0 heterocycles. The second-order valence-electron chi connectivity index (χ2n) is 2.97. The maximum Gasteiger partial charge on any atom is 0.485 e. The van der Waals surface area contributed by atoms with Crippen molar-refractivity contribution < 1.29 is 22.7 Å². The molecule has 88 valence electrons. The monoisotopic (exact) mass is 233 g/mol. The number of anilines is 1. The molecule has 0 unspecified atom stereocenters. The number of esters is 1. The van der Waals surface area contributed by atoms with E-state index in [0.717, 1.165) is 7.11 Å². The second-order valence-corrected chi connectivity index (χ2v) is 2.97. The van der Waals surface area contributed by atoms with E-state index in [1.54, 1.807) is 6.07 Å². The number of hydrogen-bond donors (Lipinski definition) is 0. The van der Waals surface area contributed by atoms with Gasteiger partial charge < -0.3 is 4.74 Å². The molecule has 0 aliphatic heterocycles. The van der Waals surface area contributed by atoms with Gasteiger partial charge in [-0.2, -0.15) is 13.2 Å². The Morgan fingerprint density at radius 1 is 1.31 bits per heavy atom. The predicted molar refractivity (Wildman–Crippen MR) is 51.9 cm³/mol. The van der Waals surface area contributed by atoms with Gasteiger partial charge in [0.05, 0.1) is 7.11 Å². The van der Waals surface area contributed by atoms with E-state index in [1.165, 1.54) is 24.3 Å². The van der Waals surface area contributed by atoms with Crippen LogP contribution in [0.1, 0.15) is 0 Å². The third-order valence-corrected chi connectivity index (χ3v) is 1.89. The lowest BCUT2D eigenvalue weighted by molar-refractivity contribution is -0.150. The van der Waals surface area contributed by atoms with Crippen molar-refractivity contribution in [3.8, 4) is 0 Å². The molecule has 3 nitrogen and oxygen atoms in total. The van der Waals surface area contributed by atoms with E-state index in [1.807, 2.05) is 0 Å². The molecule has 0 saturated heterocycles. The Hall–Kier alpha value is -1.72. The molecular formula is C10H10F3NO2. The largest absolute Gasteiger partial charge is 0.485 e. The van der Waals surface area contributed by atoms with Crippen molar-refractivity contribution in [3.63, 3.8) is 0 Å².